The first kappa shape index (κ1) is 12.6. The third-order valence-corrected chi connectivity index (χ3v) is 4.47. The molecule has 0 fully saturated rings. The molecule has 0 amide bonds. The lowest BCUT2D eigenvalue weighted by molar-refractivity contribution is 0.587. The Kier molecular flexibility index (Phi) is 3.38. The van der Waals surface area contributed by atoms with Gasteiger partial charge in [-0.3, -0.25) is 0 Å². The van der Waals surface area contributed by atoms with Crippen LogP contribution in [0.4, 0.5) is 5.69 Å². The van der Waals surface area contributed by atoms with E-state index in [2.05, 4.69) is 4.98 Å². The van der Waals surface area contributed by atoms with E-state index in [0.29, 0.717) is 17.1 Å². The lowest BCUT2D eigenvalue weighted by Crippen LogP contribution is -2.13. The van der Waals surface area contributed by atoms with Crippen LogP contribution in [0.5, 0.6) is 0 Å². The number of imidazole rings is 1. The molecule has 0 atom stereocenters. The Morgan fingerprint density at radius 3 is 2.50 bits per heavy atom. The summed E-state index contributed by atoms with van der Waals surface area (Å²) in [5.41, 5.74) is 6.09. The number of aryl methyl sites for hydroxylation is 2. The fraction of sp³-hybridized carbons (Fsp3) is 0.250. The molecule has 1 aromatic heterocycles. The average Bonchev–Trinajstić information content (AvgIpc) is 2.73. The molecule has 1 aromatic carbocycles. The van der Waals surface area contributed by atoms with Gasteiger partial charge in [0, 0.05) is 24.6 Å². The highest BCUT2D eigenvalue weighted by Crippen LogP contribution is 2.14. The number of anilines is 1. The molecule has 0 unspecified atom stereocenters. The molecule has 1 heterocycles. The van der Waals surface area contributed by atoms with Gasteiger partial charge >= 0.3 is 0 Å². The molecule has 96 valence electrons. The van der Waals surface area contributed by atoms with Gasteiger partial charge in [0.2, 0.25) is 0 Å². The molecule has 0 spiro atoms. The fourth-order valence-electron chi connectivity index (χ4n) is 1.65. The van der Waals surface area contributed by atoms with Crippen molar-refractivity contribution in [2.45, 2.75) is 18.4 Å². The Labute approximate surface area is 106 Å². The van der Waals surface area contributed by atoms with Crippen LogP contribution in [-0.2, 0) is 16.4 Å². The van der Waals surface area contributed by atoms with E-state index in [1.165, 1.54) is 12.1 Å². The van der Waals surface area contributed by atoms with E-state index in [1.54, 1.807) is 24.5 Å². The molecule has 0 aliphatic heterocycles. The lowest BCUT2D eigenvalue weighted by atomic mass is 10.3. The van der Waals surface area contributed by atoms with Gasteiger partial charge in [-0.1, -0.05) is 0 Å². The first-order valence-corrected chi connectivity index (χ1v) is 7.20. The largest absolute Gasteiger partial charge is 0.399 e. The van der Waals surface area contributed by atoms with E-state index in [9.17, 15) is 8.42 Å². The second-order valence-electron chi connectivity index (χ2n) is 4.06. The maximum absolute atomic E-state index is 12.1. The van der Waals surface area contributed by atoms with E-state index < -0.39 is 9.84 Å². The molecule has 0 saturated carbocycles. The van der Waals surface area contributed by atoms with Gasteiger partial charge in [-0.15, -0.1) is 0 Å². The predicted octanol–water partition coefficient (Wildman–Crippen LogP) is 1.25. The van der Waals surface area contributed by atoms with Crippen LogP contribution in [0, 0.1) is 6.92 Å². The summed E-state index contributed by atoms with van der Waals surface area (Å²) >= 11 is 0. The normalized spacial score (nSPS) is 11.6. The second-order valence-corrected chi connectivity index (χ2v) is 6.16. The molecule has 5 nitrogen and oxygen atoms in total. The molecule has 0 bridgehead atoms. The number of benzene rings is 1. The molecule has 18 heavy (non-hydrogen) atoms. The van der Waals surface area contributed by atoms with E-state index in [4.69, 9.17) is 5.73 Å². The minimum absolute atomic E-state index is 0.0497. The zero-order valence-electron chi connectivity index (χ0n) is 10.1. The summed E-state index contributed by atoms with van der Waals surface area (Å²) in [6.45, 7) is 2.24. The van der Waals surface area contributed by atoms with Crippen molar-refractivity contribution in [2.24, 2.45) is 0 Å². The van der Waals surface area contributed by atoms with Crippen molar-refractivity contribution in [1.29, 1.82) is 0 Å². The molecular formula is C12H15N3O2S. The zero-order chi connectivity index (χ0) is 13.2. The van der Waals surface area contributed by atoms with Crippen LogP contribution in [0.15, 0.2) is 41.6 Å². The summed E-state index contributed by atoms with van der Waals surface area (Å²) in [6, 6.07) is 6.25. The summed E-state index contributed by atoms with van der Waals surface area (Å²) in [6.07, 6.45) is 3.43. The molecule has 2 aromatic rings. The first-order valence-electron chi connectivity index (χ1n) is 5.55. The molecule has 0 radical (unpaired) electrons. The molecule has 2 rings (SSSR count). The van der Waals surface area contributed by atoms with Gasteiger partial charge in [0.05, 0.1) is 10.6 Å². The van der Waals surface area contributed by atoms with Crippen LogP contribution in [-0.4, -0.2) is 23.7 Å². The number of sulfone groups is 1. The van der Waals surface area contributed by atoms with Crippen molar-refractivity contribution in [2.75, 3.05) is 11.5 Å². The number of nitrogens with zero attached hydrogens (tertiary/aromatic N) is 2. The minimum Gasteiger partial charge on any atom is -0.399 e. The Morgan fingerprint density at radius 2 is 1.94 bits per heavy atom. The number of rotatable bonds is 4. The van der Waals surface area contributed by atoms with Crippen molar-refractivity contribution in [1.82, 2.24) is 9.55 Å². The predicted molar refractivity (Wildman–Crippen MR) is 69.9 cm³/mol. The number of aromatic nitrogens is 2. The average molecular weight is 265 g/mol. The molecule has 0 saturated heterocycles. The van der Waals surface area contributed by atoms with Gasteiger partial charge in [0.25, 0.3) is 0 Å². The van der Waals surface area contributed by atoms with Crippen LogP contribution < -0.4 is 5.73 Å². The number of nitrogen functional groups attached to an aromatic ring is 1. The second kappa shape index (κ2) is 4.81. The van der Waals surface area contributed by atoms with Gasteiger partial charge in [-0.05, 0) is 31.2 Å². The first-order chi connectivity index (χ1) is 8.49. The monoisotopic (exact) mass is 265 g/mol. The zero-order valence-corrected chi connectivity index (χ0v) is 10.9. The van der Waals surface area contributed by atoms with Crippen LogP contribution in [0.25, 0.3) is 0 Å². The standard InChI is InChI=1S/C12H15N3O2S/c1-10-14-6-7-15(10)8-9-18(16,17)12-4-2-11(13)3-5-12/h2-7H,8-9,13H2,1H3. The molecule has 0 aliphatic rings. The summed E-state index contributed by atoms with van der Waals surface area (Å²) in [7, 11) is -3.27. The maximum Gasteiger partial charge on any atom is 0.180 e. The third-order valence-electron chi connectivity index (χ3n) is 2.76. The van der Waals surface area contributed by atoms with Gasteiger partial charge < -0.3 is 10.3 Å². The van der Waals surface area contributed by atoms with Gasteiger partial charge in [0.1, 0.15) is 5.82 Å². The van der Waals surface area contributed by atoms with E-state index in [0.717, 1.165) is 5.82 Å². The molecule has 6 heteroatoms. The molecular weight excluding hydrogens is 250 g/mol. The lowest BCUT2D eigenvalue weighted by Gasteiger charge is -2.07. The minimum atomic E-state index is -3.27. The maximum atomic E-state index is 12.1. The van der Waals surface area contributed by atoms with E-state index >= 15 is 0 Å². The van der Waals surface area contributed by atoms with Crippen molar-refractivity contribution in [3.63, 3.8) is 0 Å². The van der Waals surface area contributed by atoms with Crippen molar-refractivity contribution >= 4 is 15.5 Å². The van der Waals surface area contributed by atoms with Crippen LogP contribution in [0.1, 0.15) is 5.82 Å². The SMILES string of the molecule is Cc1nccn1CCS(=O)(=O)c1ccc(N)cc1. The van der Waals surface area contributed by atoms with E-state index in [1.807, 2.05) is 11.5 Å². The van der Waals surface area contributed by atoms with Crippen LogP contribution >= 0.6 is 0 Å². The Balaban J connectivity index is 2.13. The molecule has 0 aliphatic carbocycles. The summed E-state index contributed by atoms with van der Waals surface area (Å²) in [4.78, 5) is 4.35. The number of hydrogen-bond donors (Lipinski definition) is 1. The Morgan fingerprint density at radius 1 is 1.28 bits per heavy atom. The van der Waals surface area contributed by atoms with Crippen molar-refractivity contribution in [3.8, 4) is 0 Å². The van der Waals surface area contributed by atoms with Gasteiger partial charge in [-0.2, -0.15) is 0 Å². The van der Waals surface area contributed by atoms with Crippen LogP contribution in [0.3, 0.4) is 0 Å². The van der Waals surface area contributed by atoms with E-state index in [-0.39, 0.29) is 5.75 Å². The summed E-state index contributed by atoms with van der Waals surface area (Å²) in [5, 5.41) is 0. The smallest absolute Gasteiger partial charge is 0.180 e. The van der Waals surface area contributed by atoms with Gasteiger partial charge in [0.15, 0.2) is 9.84 Å². The van der Waals surface area contributed by atoms with Crippen molar-refractivity contribution < 1.29 is 8.42 Å². The highest BCUT2D eigenvalue weighted by molar-refractivity contribution is 7.91. The van der Waals surface area contributed by atoms with Gasteiger partial charge in [-0.25, -0.2) is 13.4 Å². The quantitative estimate of drug-likeness (QED) is 0.844. The highest BCUT2D eigenvalue weighted by Gasteiger charge is 2.14. The topological polar surface area (TPSA) is 78.0 Å². The summed E-state index contributed by atoms with van der Waals surface area (Å²) < 4.78 is 26.0. The number of hydrogen-bond acceptors (Lipinski definition) is 4. The van der Waals surface area contributed by atoms with Crippen LogP contribution in [0.2, 0.25) is 0 Å². The summed E-state index contributed by atoms with van der Waals surface area (Å²) in [5.74, 6) is 0.858. The number of nitrogens with two attached hydrogens (primary N) is 1. The van der Waals surface area contributed by atoms with Crippen molar-refractivity contribution in [3.05, 3.63) is 42.5 Å². The fourth-order valence-corrected chi connectivity index (χ4v) is 2.88. The highest BCUT2D eigenvalue weighted by atomic mass is 32.2. The molecule has 2 N–H and O–H groups in total. The third kappa shape index (κ3) is 2.70. The Bertz CT molecular complexity index is 630. The Hall–Kier alpha value is -1.82.